The minimum atomic E-state index is -3.66. The summed E-state index contributed by atoms with van der Waals surface area (Å²) in [6.45, 7) is 6.06. The first-order valence-electron chi connectivity index (χ1n) is 13.9. The highest BCUT2D eigenvalue weighted by molar-refractivity contribution is 7.92. The summed E-state index contributed by atoms with van der Waals surface area (Å²) in [7, 11) is -2.18. The van der Waals surface area contributed by atoms with Crippen LogP contribution in [0.1, 0.15) is 43.4 Å². The summed E-state index contributed by atoms with van der Waals surface area (Å²) in [5.74, 6) is -0.0449. The number of carbonyl (C=O) groups is 2. The monoisotopic (exact) mass is 613 g/mol. The average molecular weight is 614 g/mol. The van der Waals surface area contributed by atoms with Crippen molar-refractivity contribution in [2.45, 2.75) is 58.7 Å². The van der Waals surface area contributed by atoms with Crippen LogP contribution in [0.3, 0.4) is 0 Å². The Labute approximate surface area is 254 Å². The molecule has 226 valence electrons. The second-order valence-electron chi connectivity index (χ2n) is 10.6. The molecule has 0 heterocycles. The topological polar surface area (TPSA) is 96.0 Å². The number of halogens is 1. The Bertz CT molecular complexity index is 1450. The molecule has 0 aliphatic carbocycles. The lowest BCUT2D eigenvalue weighted by Crippen LogP contribution is -2.51. The molecule has 0 saturated carbocycles. The van der Waals surface area contributed by atoms with Crippen molar-refractivity contribution in [1.29, 1.82) is 0 Å². The zero-order chi connectivity index (χ0) is 30.9. The Hall–Kier alpha value is -3.56. The number of benzene rings is 3. The van der Waals surface area contributed by atoms with Crippen LogP contribution in [0.25, 0.3) is 0 Å². The highest BCUT2D eigenvalue weighted by atomic mass is 35.5. The largest absolute Gasteiger partial charge is 0.495 e. The number of carbonyl (C=O) groups excluding carboxylic acids is 2. The molecule has 3 aromatic carbocycles. The van der Waals surface area contributed by atoms with E-state index in [1.54, 1.807) is 17.0 Å². The number of amides is 2. The molecule has 0 bridgehead atoms. The lowest BCUT2D eigenvalue weighted by Gasteiger charge is -2.32. The van der Waals surface area contributed by atoms with Gasteiger partial charge in [-0.05, 0) is 56.5 Å². The first-order valence-corrected chi connectivity index (χ1v) is 16.1. The molecular weight excluding hydrogens is 574 g/mol. The molecule has 0 fully saturated rings. The van der Waals surface area contributed by atoms with Crippen molar-refractivity contribution in [1.82, 2.24) is 10.2 Å². The quantitative estimate of drug-likeness (QED) is 0.264. The summed E-state index contributed by atoms with van der Waals surface area (Å²) in [4.78, 5) is 29.0. The molecule has 0 unspecified atom stereocenters. The second-order valence-corrected chi connectivity index (χ2v) is 12.9. The highest BCUT2D eigenvalue weighted by Gasteiger charge is 2.31. The van der Waals surface area contributed by atoms with Gasteiger partial charge in [0.05, 0.1) is 24.1 Å². The number of methoxy groups -OCH3 is 1. The van der Waals surface area contributed by atoms with Gasteiger partial charge in [-0.1, -0.05) is 71.8 Å². The van der Waals surface area contributed by atoms with Gasteiger partial charge in [-0.25, -0.2) is 8.42 Å². The van der Waals surface area contributed by atoms with Crippen LogP contribution in [-0.4, -0.2) is 57.1 Å². The summed E-state index contributed by atoms with van der Waals surface area (Å²) in [5.41, 5.74) is 3.30. The molecule has 3 aromatic rings. The maximum absolute atomic E-state index is 13.9. The van der Waals surface area contributed by atoms with E-state index in [4.69, 9.17) is 16.3 Å². The van der Waals surface area contributed by atoms with Crippen molar-refractivity contribution < 1.29 is 22.7 Å². The number of nitrogens with zero attached hydrogens (tertiary/aromatic N) is 2. The number of hydrogen-bond acceptors (Lipinski definition) is 5. The van der Waals surface area contributed by atoms with Gasteiger partial charge in [-0.3, -0.25) is 13.9 Å². The molecule has 0 spiro atoms. The van der Waals surface area contributed by atoms with Crippen LogP contribution in [0.5, 0.6) is 5.75 Å². The van der Waals surface area contributed by atoms with Crippen LogP contribution in [0.2, 0.25) is 5.02 Å². The van der Waals surface area contributed by atoms with E-state index >= 15 is 0 Å². The van der Waals surface area contributed by atoms with E-state index in [1.165, 1.54) is 17.5 Å². The maximum atomic E-state index is 13.9. The first-order chi connectivity index (χ1) is 19.9. The van der Waals surface area contributed by atoms with E-state index in [9.17, 15) is 18.0 Å². The molecule has 1 N–H and O–H groups in total. The SMILES string of the molecule is COc1ccc(N(CCCC(=O)N(Cc2ccc(C)cc2)[C@H](Cc2ccccc2)C(=O)NC(C)C)S(C)(=O)=O)cc1Cl. The summed E-state index contributed by atoms with van der Waals surface area (Å²) in [6.07, 6.45) is 1.74. The zero-order valence-electron chi connectivity index (χ0n) is 24.8. The van der Waals surface area contributed by atoms with Crippen LogP contribution in [-0.2, 0) is 32.6 Å². The Morgan fingerprint density at radius 2 is 1.64 bits per heavy atom. The summed E-state index contributed by atoms with van der Waals surface area (Å²) >= 11 is 6.26. The van der Waals surface area contributed by atoms with Gasteiger partial charge < -0.3 is 15.0 Å². The van der Waals surface area contributed by atoms with Crippen LogP contribution in [0.4, 0.5) is 5.69 Å². The van der Waals surface area contributed by atoms with Crippen molar-refractivity contribution >= 4 is 39.1 Å². The molecule has 0 radical (unpaired) electrons. The van der Waals surface area contributed by atoms with Crippen molar-refractivity contribution in [2.75, 3.05) is 24.2 Å². The molecular formula is C32H40ClN3O5S. The minimum absolute atomic E-state index is 0.0437. The molecule has 0 aromatic heterocycles. The standard InChI is InChI=1S/C32H40ClN3O5S/c1-23(2)34-32(38)29(20-25-10-7-6-8-11-25)35(22-26-15-13-24(3)14-16-26)31(37)12-9-19-36(42(5,39)40)27-17-18-30(41-4)28(33)21-27/h6-8,10-11,13-18,21,23,29H,9,12,19-20,22H2,1-5H3,(H,34,38)/t29-/m1/s1. The number of nitrogens with one attached hydrogen (secondary N) is 1. The summed E-state index contributed by atoms with van der Waals surface area (Å²) in [5, 5.41) is 3.26. The summed E-state index contributed by atoms with van der Waals surface area (Å²) in [6, 6.07) is 21.3. The van der Waals surface area contributed by atoms with Crippen LogP contribution in [0.15, 0.2) is 72.8 Å². The fourth-order valence-corrected chi connectivity index (χ4v) is 5.85. The van der Waals surface area contributed by atoms with E-state index in [0.29, 0.717) is 17.9 Å². The van der Waals surface area contributed by atoms with Crippen LogP contribution >= 0.6 is 11.6 Å². The smallest absolute Gasteiger partial charge is 0.243 e. The Morgan fingerprint density at radius 3 is 2.21 bits per heavy atom. The molecule has 0 aliphatic rings. The minimum Gasteiger partial charge on any atom is -0.495 e. The van der Waals surface area contributed by atoms with E-state index < -0.39 is 16.1 Å². The maximum Gasteiger partial charge on any atom is 0.243 e. The van der Waals surface area contributed by atoms with E-state index in [0.717, 1.165) is 22.9 Å². The van der Waals surface area contributed by atoms with Crippen LogP contribution in [0, 0.1) is 6.92 Å². The van der Waals surface area contributed by atoms with Gasteiger partial charge >= 0.3 is 0 Å². The van der Waals surface area contributed by atoms with Gasteiger partial charge in [0.25, 0.3) is 0 Å². The summed E-state index contributed by atoms with van der Waals surface area (Å²) < 4.78 is 31.8. The van der Waals surface area contributed by atoms with E-state index in [2.05, 4.69) is 5.32 Å². The van der Waals surface area contributed by atoms with Gasteiger partial charge in [-0.15, -0.1) is 0 Å². The normalized spacial score (nSPS) is 12.1. The third-order valence-electron chi connectivity index (χ3n) is 6.75. The van der Waals surface area contributed by atoms with E-state index in [-0.39, 0.29) is 48.8 Å². The van der Waals surface area contributed by atoms with Crippen molar-refractivity contribution in [3.05, 3.63) is 94.5 Å². The number of rotatable bonds is 14. The predicted octanol–water partition coefficient (Wildman–Crippen LogP) is 5.37. The zero-order valence-corrected chi connectivity index (χ0v) is 26.4. The molecule has 1 atom stereocenters. The lowest BCUT2D eigenvalue weighted by atomic mass is 10.0. The number of anilines is 1. The van der Waals surface area contributed by atoms with E-state index in [1.807, 2.05) is 75.4 Å². The number of ether oxygens (including phenoxy) is 1. The number of hydrogen-bond donors (Lipinski definition) is 1. The highest BCUT2D eigenvalue weighted by Crippen LogP contribution is 2.30. The molecule has 42 heavy (non-hydrogen) atoms. The molecule has 8 nitrogen and oxygen atoms in total. The number of aryl methyl sites for hydroxylation is 1. The molecule has 10 heteroatoms. The number of sulfonamides is 1. The fourth-order valence-electron chi connectivity index (χ4n) is 4.64. The molecule has 2 amide bonds. The van der Waals surface area contributed by atoms with Crippen molar-refractivity contribution in [2.24, 2.45) is 0 Å². The average Bonchev–Trinajstić information content (AvgIpc) is 2.93. The predicted molar refractivity (Wildman–Crippen MR) is 168 cm³/mol. The third kappa shape index (κ3) is 9.49. The fraction of sp³-hybridized carbons (Fsp3) is 0.375. The van der Waals surface area contributed by atoms with Gasteiger partial charge in [0.2, 0.25) is 21.8 Å². The van der Waals surface area contributed by atoms with Gasteiger partial charge in [-0.2, -0.15) is 0 Å². The van der Waals surface area contributed by atoms with Gasteiger partial charge in [0.1, 0.15) is 11.8 Å². The Morgan fingerprint density at radius 1 is 0.976 bits per heavy atom. The first kappa shape index (κ1) is 32.9. The Kier molecular flexibility index (Phi) is 11.8. The second kappa shape index (κ2) is 15.1. The molecule has 0 aliphatic heterocycles. The third-order valence-corrected chi connectivity index (χ3v) is 8.24. The Balaban J connectivity index is 1.88. The van der Waals surface area contributed by atoms with Gasteiger partial charge in [0, 0.05) is 32.0 Å². The van der Waals surface area contributed by atoms with Crippen molar-refractivity contribution in [3.8, 4) is 5.75 Å². The molecule has 0 saturated heterocycles. The lowest BCUT2D eigenvalue weighted by molar-refractivity contribution is -0.141. The van der Waals surface area contributed by atoms with Gasteiger partial charge in [0.15, 0.2) is 0 Å². The van der Waals surface area contributed by atoms with Crippen molar-refractivity contribution in [3.63, 3.8) is 0 Å². The van der Waals surface area contributed by atoms with Crippen LogP contribution < -0.4 is 14.4 Å². The molecule has 3 rings (SSSR count).